The summed E-state index contributed by atoms with van der Waals surface area (Å²) in [6.07, 6.45) is 1.14. The lowest BCUT2D eigenvalue weighted by Gasteiger charge is -2.45. The molecule has 0 radical (unpaired) electrons. The summed E-state index contributed by atoms with van der Waals surface area (Å²) >= 11 is 1.93. The zero-order chi connectivity index (χ0) is 14.6. The molecule has 0 aliphatic rings. The van der Waals surface area contributed by atoms with Crippen molar-refractivity contribution < 1.29 is 4.79 Å². The third-order valence-electron chi connectivity index (χ3n) is 3.28. The van der Waals surface area contributed by atoms with Crippen molar-refractivity contribution in [2.24, 2.45) is 16.6 Å². The first kappa shape index (κ1) is 17.6. The van der Waals surface area contributed by atoms with Crippen LogP contribution in [-0.2, 0) is 0 Å². The maximum Gasteiger partial charge on any atom is 0.312 e. The molecule has 3 nitrogen and oxygen atoms in total. The number of nitrogens with one attached hydrogen (secondary N) is 1. The molecule has 0 bridgehead atoms. The fourth-order valence-electron chi connectivity index (χ4n) is 2.00. The molecular weight excluding hydrogens is 244 g/mol. The number of urea groups is 1. The number of hydrogen-bond acceptors (Lipinski definition) is 2. The van der Waals surface area contributed by atoms with Gasteiger partial charge in [0, 0.05) is 17.0 Å². The normalized spacial score (nSPS) is 16.2. The Labute approximate surface area is 117 Å². The second-order valence-corrected chi connectivity index (χ2v) is 8.96. The van der Waals surface area contributed by atoms with Crippen molar-refractivity contribution >= 4 is 17.8 Å². The zero-order valence-electron chi connectivity index (χ0n) is 13.0. The third-order valence-corrected chi connectivity index (χ3v) is 5.08. The minimum Gasteiger partial charge on any atom is -0.352 e. The predicted molar refractivity (Wildman–Crippen MR) is 82.0 cm³/mol. The first-order chi connectivity index (χ1) is 7.87. The van der Waals surface area contributed by atoms with Crippen LogP contribution in [0.4, 0.5) is 4.79 Å². The quantitative estimate of drug-likeness (QED) is 0.752. The largest absolute Gasteiger partial charge is 0.352 e. The van der Waals surface area contributed by atoms with Gasteiger partial charge in [-0.1, -0.05) is 41.5 Å². The van der Waals surface area contributed by atoms with Gasteiger partial charge in [-0.15, -0.1) is 0 Å². The molecule has 0 rings (SSSR count). The highest BCUT2D eigenvalue weighted by Gasteiger charge is 2.40. The second-order valence-electron chi connectivity index (χ2n) is 7.36. The molecular formula is C14H30N2OS. The van der Waals surface area contributed by atoms with E-state index in [-0.39, 0.29) is 10.2 Å². The van der Waals surface area contributed by atoms with Gasteiger partial charge in [0.15, 0.2) is 0 Å². The molecule has 0 saturated carbocycles. The van der Waals surface area contributed by atoms with Crippen molar-refractivity contribution in [3.8, 4) is 0 Å². The molecule has 2 amide bonds. The van der Waals surface area contributed by atoms with Crippen LogP contribution in [0, 0.1) is 10.8 Å². The number of nitrogens with two attached hydrogens (primary N) is 1. The lowest BCUT2D eigenvalue weighted by molar-refractivity contribution is 0.214. The number of amides is 2. The summed E-state index contributed by atoms with van der Waals surface area (Å²) in [7, 11) is 0. The molecule has 0 aliphatic heterocycles. The summed E-state index contributed by atoms with van der Waals surface area (Å²) in [6.45, 7) is 16.6. The van der Waals surface area contributed by atoms with E-state index < -0.39 is 6.03 Å². The number of primary amides is 1. The molecule has 4 heteroatoms. The van der Waals surface area contributed by atoms with Gasteiger partial charge < -0.3 is 11.1 Å². The number of thioether (sulfide) groups is 1. The molecule has 108 valence electrons. The summed E-state index contributed by atoms with van der Waals surface area (Å²) in [4.78, 5) is 10.7. The molecule has 18 heavy (non-hydrogen) atoms. The molecule has 0 spiro atoms. The van der Waals surface area contributed by atoms with Crippen LogP contribution >= 0.6 is 11.8 Å². The third kappa shape index (κ3) is 6.53. The Hall–Kier alpha value is -0.380. The average molecular weight is 274 g/mol. The lowest BCUT2D eigenvalue weighted by Crippen LogP contribution is -2.41. The predicted octanol–water partition coefficient (Wildman–Crippen LogP) is 3.63. The Morgan fingerprint density at radius 2 is 1.61 bits per heavy atom. The van der Waals surface area contributed by atoms with Gasteiger partial charge in [-0.3, -0.25) is 0 Å². The number of rotatable bonds is 5. The van der Waals surface area contributed by atoms with Crippen molar-refractivity contribution in [2.75, 3.05) is 12.3 Å². The fourth-order valence-corrected chi connectivity index (χ4v) is 3.62. The highest BCUT2D eigenvalue weighted by molar-refractivity contribution is 8.00. The highest BCUT2D eigenvalue weighted by Crippen LogP contribution is 2.48. The minimum absolute atomic E-state index is 0.185. The van der Waals surface area contributed by atoms with E-state index in [1.807, 2.05) is 11.8 Å². The van der Waals surface area contributed by atoms with Crippen molar-refractivity contribution in [2.45, 2.75) is 59.6 Å². The van der Waals surface area contributed by atoms with Crippen molar-refractivity contribution in [3.05, 3.63) is 0 Å². The average Bonchev–Trinajstić information content (AvgIpc) is 2.07. The van der Waals surface area contributed by atoms with E-state index >= 15 is 0 Å². The van der Waals surface area contributed by atoms with Gasteiger partial charge in [0.25, 0.3) is 0 Å². The fraction of sp³-hybridized carbons (Fsp3) is 0.929. The molecule has 0 saturated heterocycles. The van der Waals surface area contributed by atoms with E-state index in [0.29, 0.717) is 12.0 Å². The standard InChI is InChI=1S/C14H30N2OS/c1-12(2,3)10-14(7,13(4,5)6)18-9-8-16-11(15)17/h8-10H2,1-7H3,(H3,15,16,17). The van der Waals surface area contributed by atoms with Crippen LogP contribution in [0.5, 0.6) is 0 Å². The van der Waals surface area contributed by atoms with E-state index in [4.69, 9.17) is 5.73 Å². The maximum atomic E-state index is 10.7. The van der Waals surface area contributed by atoms with Gasteiger partial charge in [0.05, 0.1) is 0 Å². The highest BCUT2D eigenvalue weighted by atomic mass is 32.2. The smallest absolute Gasteiger partial charge is 0.312 e. The summed E-state index contributed by atoms with van der Waals surface area (Å²) in [5.41, 5.74) is 5.59. The first-order valence-electron chi connectivity index (χ1n) is 6.55. The Bertz CT molecular complexity index is 278. The molecule has 0 fully saturated rings. The van der Waals surface area contributed by atoms with Gasteiger partial charge in [-0.05, 0) is 24.2 Å². The summed E-state index contributed by atoms with van der Waals surface area (Å²) in [6, 6.07) is -0.441. The van der Waals surface area contributed by atoms with E-state index in [0.717, 1.165) is 12.2 Å². The molecule has 3 N–H and O–H groups in total. The van der Waals surface area contributed by atoms with Crippen LogP contribution < -0.4 is 11.1 Å². The Balaban J connectivity index is 4.55. The SMILES string of the molecule is CC(C)(C)CC(C)(SCCNC(N)=O)C(C)(C)C. The van der Waals surface area contributed by atoms with Crippen molar-refractivity contribution in [1.29, 1.82) is 0 Å². The topological polar surface area (TPSA) is 55.1 Å². The van der Waals surface area contributed by atoms with E-state index in [9.17, 15) is 4.79 Å². The lowest BCUT2D eigenvalue weighted by atomic mass is 9.72. The molecule has 1 unspecified atom stereocenters. The van der Waals surface area contributed by atoms with Gasteiger partial charge in [0.1, 0.15) is 0 Å². The number of hydrogen-bond donors (Lipinski definition) is 2. The van der Waals surface area contributed by atoms with Crippen LogP contribution in [0.3, 0.4) is 0 Å². The molecule has 0 aromatic rings. The first-order valence-corrected chi connectivity index (χ1v) is 7.53. The Morgan fingerprint density at radius 1 is 1.11 bits per heavy atom. The molecule has 0 aromatic carbocycles. The van der Waals surface area contributed by atoms with E-state index in [2.05, 4.69) is 53.8 Å². The Kier molecular flexibility index (Phi) is 6.05. The van der Waals surface area contributed by atoms with Crippen LogP contribution in [0.15, 0.2) is 0 Å². The summed E-state index contributed by atoms with van der Waals surface area (Å²) in [5.74, 6) is 0.896. The second kappa shape index (κ2) is 6.18. The monoisotopic (exact) mass is 274 g/mol. The number of carbonyl (C=O) groups excluding carboxylic acids is 1. The van der Waals surface area contributed by atoms with Crippen molar-refractivity contribution in [1.82, 2.24) is 5.32 Å². The Morgan fingerprint density at radius 3 is 1.94 bits per heavy atom. The van der Waals surface area contributed by atoms with Crippen LogP contribution in [0.1, 0.15) is 54.9 Å². The van der Waals surface area contributed by atoms with Crippen molar-refractivity contribution in [3.63, 3.8) is 0 Å². The van der Waals surface area contributed by atoms with Gasteiger partial charge >= 0.3 is 6.03 Å². The minimum atomic E-state index is -0.441. The van der Waals surface area contributed by atoms with Gasteiger partial charge in [-0.2, -0.15) is 11.8 Å². The van der Waals surface area contributed by atoms with E-state index in [1.54, 1.807) is 0 Å². The molecule has 0 heterocycles. The van der Waals surface area contributed by atoms with Crippen LogP contribution in [-0.4, -0.2) is 23.1 Å². The molecule has 0 aliphatic carbocycles. The van der Waals surface area contributed by atoms with Gasteiger partial charge in [0.2, 0.25) is 0 Å². The molecule has 1 atom stereocenters. The summed E-state index contributed by atoms with van der Waals surface area (Å²) in [5, 5.41) is 2.65. The van der Waals surface area contributed by atoms with Crippen LogP contribution in [0.25, 0.3) is 0 Å². The van der Waals surface area contributed by atoms with E-state index in [1.165, 1.54) is 0 Å². The molecule has 0 aromatic heterocycles. The van der Waals surface area contributed by atoms with Crippen LogP contribution in [0.2, 0.25) is 0 Å². The van der Waals surface area contributed by atoms with Gasteiger partial charge in [-0.25, -0.2) is 4.79 Å². The zero-order valence-corrected chi connectivity index (χ0v) is 13.8. The number of carbonyl (C=O) groups is 1. The summed E-state index contributed by atoms with van der Waals surface area (Å²) < 4.78 is 0.185. The maximum absolute atomic E-state index is 10.7.